The molecular weight excluding hydrogens is 320 g/mol. The first-order chi connectivity index (χ1) is 11.1. The third kappa shape index (κ3) is 7.16. The maximum atomic E-state index is 12.2. The lowest BCUT2D eigenvalue weighted by Gasteiger charge is -2.18. The third-order valence-corrected chi connectivity index (χ3v) is 3.95. The number of nitrogens with one attached hydrogen (secondary N) is 1. The van der Waals surface area contributed by atoms with Crippen molar-refractivity contribution < 1.29 is 4.79 Å². The number of benzene rings is 2. The molecule has 0 aliphatic heterocycles. The summed E-state index contributed by atoms with van der Waals surface area (Å²) in [5, 5.41) is 2.98. The van der Waals surface area contributed by atoms with Crippen molar-refractivity contribution in [3.8, 4) is 0 Å². The Morgan fingerprint density at radius 3 is 2.21 bits per heavy atom. The van der Waals surface area contributed by atoms with E-state index in [4.69, 9.17) is 5.73 Å². The van der Waals surface area contributed by atoms with Gasteiger partial charge in [0.15, 0.2) is 0 Å². The van der Waals surface area contributed by atoms with Gasteiger partial charge in [-0.3, -0.25) is 4.79 Å². The molecule has 0 fully saturated rings. The second-order valence-corrected chi connectivity index (χ2v) is 6.12. The molecule has 0 spiro atoms. The molecule has 2 aromatic rings. The van der Waals surface area contributed by atoms with E-state index in [0.717, 1.165) is 12.8 Å². The minimum absolute atomic E-state index is 0. The Kier molecular flexibility index (Phi) is 9.13. The molecule has 1 amide bonds. The number of halogens is 1. The third-order valence-electron chi connectivity index (χ3n) is 3.95. The molecule has 24 heavy (non-hydrogen) atoms. The SMILES string of the molecule is CC(N)CCNC(=O)CC(Cc1ccccc1)c1ccccc1.Cl. The highest BCUT2D eigenvalue weighted by Gasteiger charge is 2.16. The Morgan fingerprint density at radius 1 is 1.04 bits per heavy atom. The van der Waals surface area contributed by atoms with Gasteiger partial charge in [-0.2, -0.15) is 0 Å². The summed E-state index contributed by atoms with van der Waals surface area (Å²) in [6, 6.07) is 20.7. The van der Waals surface area contributed by atoms with E-state index in [-0.39, 0.29) is 30.3 Å². The van der Waals surface area contributed by atoms with Crippen molar-refractivity contribution in [3.05, 3.63) is 71.8 Å². The van der Waals surface area contributed by atoms with Gasteiger partial charge in [0.05, 0.1) is 0 Å². The Morgan fingerprint density at radius 2 is 1.62 bits per heavy atom. The van der Waals surface area contributed by atoms with Crippen LogP contribution < -0.4 is 11.1 Å². The second-order valence-electron chi connectivity index (χ2n) is 6.12. The van der Waals surface area contributed by atoms with E-state index >= 15 is 0 Å². The minimum atomic E-state index is 0. The Labute approximate surface area is 151 Å². The van der Waals surface area contributed by atoms with Crippen molar-refractivity contribution in [2.24, 2.45) is 5.73 Å². The first-order valence-electron chi connectivity index (χ1n) is 8.26. The van der Waals surface area contributed by atoms with E-state index in [1.165, 1.54) is 11.1 Å². The smallest absolute Gasteiger partial charge is 0.220 e. The molecule has 0 aliphatic carbocycles. The van der Waals surface area contributed by atoms with Crippen molar-refractivity contribution in [1.82, 2.24) is 5.32 Å². The van der Waals surface area contributed by atoms with E-state index < -0.39 is 0 Å². The van der Waals surface area contributed by atoms with Crippen LogP contribution in [0, 0.1) is 0 Å². The number of hydrogen-bond acceptors (Lipinski definition) is 2. The summed E-state index contributed by atoms with van der Waals surface area (Å²) in [5.41, 5.74) is 8.18. The lowest BCUT2D eigenvalue weighted by molar-refractivity contribution is -0.121. The van der Waals surface area contributed by atoms with Crippen LogP contribution >= 0.6 is 12.4 Å². The second kappa shape index (κ2) is 10.8. The number of nitrogens with two attached hydrogens (primary N) is 1. The van der Waals surface area contributed by atoms with Gasteiger partial charge in [-0.15, -0.1) is 12.4 Å². The van der Waals surface area contributed by atoms with Crippen molar-refractivity contribution in [3.63, 3.8) is 0 Å². The van der Waals surface area contributed by atoms with E-state index in [2.05, 4.69) is 29.6 Å². The van der Waals surface area contributed by atoms with Crippen LogP contribution in [0.5, 0.6) is 0 Å². The van der Waals surface area contributed by atoms with Gasteiger partial charge >= 0.3 is 0 Å². The molecule has 0 radical (unpaired) electrons. The zero-order chi connectivity index (χ0) is 16.5. The molecule has 3 nitrogen and oxygen atoms in total. The van der Waals surface area contributed by atoms with Gasteiger partial charge in [0.2, 0.25) is 5.91 Å². The molecule has 2 aromatic carbocycles. The van der Waals surface area contributed by atoms with E-state index in [9.17, 15) is 4.79 Å². The number of amides is 1. The first-order valence-corrected chi connectivity index (χ1v) is 8.26. The average molecular weight is 347 g/mol. The summed E-state index contributed by atoms with van der Waals surface area (Å²) in [7, 11) is 0. The van der Waals surface area contributed by atoms with Gasteiger partial charge in [-0.05, 0) is 36.8 Å². The van der Waals surface area contributed by atoms with Crippen LogP contribution in [0.1, 0.15) is 36.8 Å². The summed E-state index contributed by atoms with van der Waals surface area (Å²) < 4.78 is 0. The number of carbonyl (C=O) groups excluding carboxylic acids is 1. The van der Waals surface area contributed by atoms with Crippen LogP contribution in [0.3, 0.4) is 0 Å². The number of hydrogen-bond donors (Lipinski definition) is 2. The fourth-order valence-electron chi connectivity index (χ4n) is 2.67. The van der Waals surface area contributed by atoms with Crippen LogP contribution in [0.2, 0.25) is 0 Å². The van der Waals surface area contributed by atoms with Crippen LogP contribution in [0.4, 0.5) is 0 Å². The monoisotopic (exact) mass is 346 g/mol. The zero-order valence-electron chi connectivity index (χ0n) is 14.2. The maximum Gasteiger partial charge on any atom is 0.220 e. The topological polar surface area (TPSA) is 55.1 Å². The normalized spacial score (nSPS) is 12.8. The Balaban J connectivity index is 0.00000288. The number of carbonyl (C=O) groups is 1. The lowest BCUT2D eigenvalue weighted by Crippen LogP contribution is -2.30. The largest absolute Gasteiger partial charge is 0.356 e. The maximum absolute atomic E-state index is 12.2. The molecule has 2 atom stereocenters. The standard InChI is InChI=1S/C20H26N2O.ClH/c1-16(21)12-13-22-20(23)15-19(18-10-6-3-7-11-18)14-17-8-4-2-5-9-17;/h2-11,16,19H,12-15,21H2,1H3,(H,22,23);1H. The Bertz CT molecular complexity index is 587. The summed E-state index contributed by atoms with van der Waals surface area (Å²) in [6.07, 6.45) is 2.17. The molecular formula is C20H27ClN2O. The van der Waals surface area contributed by atoms with E-state index in [1.807, 2.05) is 43.3 Å². The van der Waals surface area contributed by atoms with Crippen LogP contribution in [0.25, 0.3) is 0 Å². The van der Waals surface area contributed by atoms with Gasteiger partial charge in [-0.25, -0.2) is 0 Å². The molecule has 0 aromatic heterocycles. The summed E-state index contributed by atoms with van der Waals surface area (Å²) >= 11 is 0. The zero-order valence-corrected chi connectivity index (χ0v) is 15.0. The molecule has 130 valence electrons. The molecule has 0 saturated carbocycles. The molecule has 0 aliphatic rings. The quantitative estimate of drug-likeness (QED) is 0.766. The van der Waals surface area contributed by atoms with Gasteiger partial charge < -0.3 is 11.1 Å². The average Bonchev–Trinajstić information content (AvgIpc) is 2.56. The van der Waals surface area contributed by atoms with Crippen LogP contribution in [0.15, 0.2) is 60.7 Å². The highest BCUT2D eigenvalue weighted by atomic mass is 35.5. The van der Waals surface area contributed by atoms with Gasteiger partial charge in [0, 0.05) is 19.0 Å². The molecule has 3 N–H and O–H groups in total. The molecule has 2 unspecified atom stereocenters. The van der Waals surface area contributed by atoms with Crippen molar-refractivity contribution in [1.29, 1.82) is 0 Å². The predicted molar refractivity (Wildman–Crippen MR) is 102 cm³/mol. The van der Waals surface area contributed by atoms with Gasteiger partial charge in [0.25, 0.3) is 0 Å². The molecule has 0 heterocycles. The van der Waals surface area contributed by atoms with Crippen molar-refractivity contribution >= 4 is 18.3 Å². The minimum Gasteiger partial charge on any atom is -0.356 e. The fourth-order valence-corrected chi connectivity index (χ4v) is 2.67. The highest BCUT2D eigenvalue weighted by molar-refractivity contribution is 5.85. The lowest BCUT2D eigenvalue weighted by atomic mass is 9.89. The molecule has 4 heteroatoms. The predicted octanol–water partition coefficient (Wildman–Crippen LogP) is 3.68. The molecule has 2 rings (SSSR count). The highest BCUT2D eigenvalue weighted by Crippen LogP contribution is 2.24. The summed E-state index contributed by atoms with van der Waals surface area (Å²) in [6.45, 7) is 2.59. The molecule has 0 bridgehead atoms. The number of rotatable bonds is 8. The van der Waals surface area contributed by atoms with Crippen molar-refractivity contribution in [2.75, 3.05) is 6.54 Å². The first kappa shape index (κ1) is 20.2. The Hall–Kier alpha value is -1.84. The van der Waals surface area contributed by atoms with Gasteiger partial charge in [-0.1, -0.05) is 60.7 Å². The summed E-state index contributed by atoms with van der Waals surface area (Å²) in [4.78, 5) is 12.2. The van der Waals surface area contributed by atoms with Crippen LogP contribution in [-0.4, -0.2) is 18.5 Å². The van der Waals surface area contributed by atoms with Crippen LogP contribution in [-0.2, 0) is 11.2 Å². The van der Waals surface area contributed by atoms with Gasteiger partial charge in [0.1, 0.15) is 0 Å². The summed E-state index contributed by atoms with van der Waals surface area (Å²) in [5.74, 6) is 0.282. The fraction of sp³-hybridized carbons (Fsp3) is 0.350. The van der Waals surface area contributed by atoms with E-state index in [1.54, 1.807) is 0 Å². The van der Waals surface area contributed by atoms with Crippen molar-refractivity contribution in [2.45, 2.75) is 38.1 Å². The van der Waals surface area contributed by atoms with E-state index in [0.29, 0.717) is 13.0 Å². The molecule has 0 saturated heterocycles.